The Hall–Kier alpha value is -4.78. The monoisotopic (exact) mass is 592 g/mol. The first-order valence-electron chi connectivity index (χ1n) is 15.2. The SMILES string of the molecule is CC(C)O[Si](C)(C)Cc1c2nc(c(-c3ccccc3)c3ccc(cc4ccc([nH]4)c(-c4ccccc4)c4nc1C=C4)[nH]3)C=C2. The highest BCUT2D eigenvalue weighted by atomic mass is 28.4. The van der Waals surface area contributed by atoms with E-state index >= 15 is 0 Å². The summed E-state index contributed by atoms with van der Waals surface area (Å²) in [5.41, 5.74) is 13.3. The molecule has 2 aliphatic heterocycles. The Balaban J connectivity index is 1.60. The standard InChI is InChI=1S/C38H36N4OSi/c1-25(2)43-44(3,4)24-30-31-19-21-35(41-31)37(26-11-7-5-8-12-26)33-17-15-28(39-33)23-29-16-18-34(40-29)38(27-13-9-6-10-14-27)36-22-20-32(30)42-36/h5-23,25,39-40H,24H2,1-4H3. The molecule has 0 saturated carbocycles. The first kappa shape index (κ1) is 28.0. The van der Waals surface area contributed by atoms with Crippen LogP contribution in [-0.2, 0) is 10.5 Å². The zero-order valence-corrected chi connectivity index (χ0v) is 26.6. The lowest BCUT2D eigenvalue weighted by Crippen LogP contribution is -2.37. The zero-order valence-electron chi connectivity index (χ0n) is 25.6. The fraction of sp³-hybridized carbons (Fsp3) is 0.158. The number of rotatable bonds is 6. The predicted molar refractivity (Wildman–Crippen MR) is 187 cm³/mol. The quantitative estimate of drug-likeness (QED) is 0.189. The van der Waals surface area contributed by atoms with Crippen LogP contribution in [0.4, 0.5) is 0 Å². The van der Waals surface area contributed by atoms with Gasteiger partial charge in [0.05, 0.1) is 22.8 Å². The fourth-order valence-corrected chi connectivity index (χ4v) is 8.87. The number of benzene rings is 2. The average molecular weight is 593 g/mol. The van der Waals surface area contributed by atoms with Crippen LogP contribution in [0.2, 0.25) is 13.1 Å². The van der Waals surface area contributed by atoms with Crippen molar-refractivity contribution in [2.45, 2.75) is 39.1 Å². The highest BCUT2D eigenvalue weighted by molar-refractivity contribution is 6.70. The van der Waals surface area contributed by atoms with Gasteiger partial charge in [-0.05, 0) is 98.7 Å². The Bertz CT molecular complexity index is 1930. The summed E-state index contributed by atoms with van der Waals surface area (Å²) in [6.45, 7) is 8.80. The van der Waals surface area contributed by atoms with E-state index in [9.17, 15) is 0 Å². The van der Waals surface area contributed by atoms with Crippen LogP contribution in [0.3, 0.4) is 0 Å². The predicted octanol–water partition coefficient (Wildman–Crippen LogP) is 9.70. The lowest BCUT2D eigenvalue weighted by Gasteiger charge is -2.26. The largest absolute Gasteiger partial charge is 0.415 e. The van der Waals surface area contributed by atoms with Crippen molar-refractivity contribution >= 4 is 54.7 Å². The van der Waals surface area contributed by atoms with Gasteiger partial charge in [0, 0.05) is 44.9 Å². The van der Waals surface area contributed by atoms with Crippen molar-refractivity contribution in [1.82, 2.24) is 19.9 Å². The van der Waals surface area contributed by atoms with Gasteiger partial charge in [-0.25, -0.2) is 9.97 Å². The molecular weight excluding hydrogens is 557 g/mol. The second-order valence-corrected chi connectivity index (χ2v) is 16.4. The van der Waals surface area contributed by atoms with E-state index in [1.807, 2.05) is 12.1 Å². The smallest absolute Gasteiger partial charge is 0.191 e. The molecule has 0 atom stereocenters. The summed E-state index contributed by atoms with van der Waals surface area (Å²) >= 11 is 0. The van der Waals surface area contributed by atoms with Gasteiger partial charge in [0.2, 0.25) is 0 Å². The van der Waals surface area contributed by atoms with Crippen molar-refractivity contribution in [1.29, 1.82) is 0 Å². The van der Waals surface area contributed by atoms with Crippen molar-refractivity contribution < 1.29 is 4.43 Å². The van der Waals surface area contributed by atoms with Gasteiger partial charge in [-0.15, -0.1) is 0 Å². The van der Waals surface area contributed by atoms with Crippen LogP contribution in [0, 0.1) is 0 Å². The third kappa shape index (κ3) is 5.62. The second kappa shape index (κ2) is 11.4. The number of aromatic amines is 2. The minimum Gasteiger partial charge on any atom is -0.415 e. The van der Waals surface area contributed by atoms with Crippen LogP contribution in [-0.4, -0.2) is 34.4 Å². The van der Waals surface area contributed by atoms with Gasteiger partial charge >= 0.3 is 0 Å². The molecule has 2 aromatic carbocycles. The highest BCUT2D eigenvalue weighted by Crippen LogP contribution is 2.34. The molecule has 0 radical (unpaired) electrons. The van der Waals surface area contributed by atoms with E-state index in [4.69, 9.17) is 14.4 Å². The molecule has 0 aliphatic carbocycles. The number of nitrogens with one attached hydrogen (secondary N) is 2. The Morgan fingerprint density at radius 1 is 0.614 bits per heavy atom. The summed E-state index contributed by atoms with van der Waals surface area (Å²) in [6, 6.07) is 32.5. The molecule has 5 nitrogen and oxygen atoms in total. The van der Waals surface area contributed by atoms with Crippen LogP contribution in [0.1, 0.15) is 42.2 Å². The minimum atomic E-state index is -2.11. The number of H-pyrrole nitrogens is 2. The van der Waals surface area contributed by atoms with E-state index in [0.717, 1.165) is 78.7 Å². The van der Waals surface area contributed by atoms with Crippen molar-refractivity contribution in [2.75, 3.05) is 0 Å². The summed E-state index contributed by atoms with van der Waals surface area (Å²) < 4.78 is 6.53. The normalized spacial score (nSPS) is 12.8. The van der Waals surface area contributed by atoms with Gasteiger partial charge in [0.15, 0.2) is 8.32 Å². The zero-order chi connectivity index (χ0) is 30.3. The Morgan fingerprint density at radius 2 is 1.07 bits per heavy atom. The average Bonchev–Trinajstić information content (AvgIpc) is 3.82. The number of aromatic nitrogens is 4. The van der Waals surface area contributed by atoms with Gasteiger partial charge in [0.1, 0.15) is 0 Å². The second-order valence-electron chi connectivity index (χ2n) is 12.3. The van der Waals surface area contributed by atoms with Crippen LogP contribution in [0.15, 0.2) is 91.0 Å². The fourth-order valence-electron chi connectivity index (χ4n) is 6.30. The van der Waals surface area contributed by atoms with Crippen LogP contribution in [0.5, 0.6) is 0 Å². The maximum Gasteiger partial charge on any atom is 0.191 e. The van der Waals surface area contributed by atoms with E-state index in [1.54, 1.807) is 0 Å². The molecule has 5 aromatic rings. The summed E-state index contributed by atoms with van der Waals surface area (Å²) in [4.78, 5) is 17.9. The molecule has 6 heteroatoms. The van der Waals surface area contributed by atoms with Gasteiger partial charge in [-0.1, -0.05) is 60.7 Å². The van der Waals surface area contributed by atoms with Crippen molar-refractivity contribution in [3.8, 4) is 22.3 Å². The summed E-state index contributed by atoms with van der Waals surface area (Å²) in [7, 11) is -2.11. The first-order valence-corrected chi connectivity index (χ1v) is 18.4. The molecule has 0 unspecified atom stereocenters. The lowest BCUT2D eigenvalue weighted by atomic mass is 10.0. The third-order valence-electron chi connectivity index (χ3n) is 7.96. The van der Waals surface area contributed by atoms with Gasteiger partial charge in [-0.2, -0.15) is 0 Å². The maximum atomic E-state index is 6.53. The molecule has 0 fully saturated rings. The molecule has 7 rings (SSSR count). The maximum absolute atomic E-state index is 6.53. The van der Waals surface area contributed by atoms with Crippen molar-refractivity contribution in [2.24, 2.45) is 0 Å². The van der Waals surface area contributed by atoms with E-state index < -0.39 is 8.32 Å². The number of hydrogen-bond donors (Lipinski definition) is 2. The van der Waals surface area contributed by atoms with Crippen molar-refractivity contribution in [3.63, 3.8) is 0 Å². The van der Waals surface area contributed by atoms with Gasteiger partial charge in [0.25, 0.3) is 0 Å². The molecular formula is C38H36N4OSi. The minimum absolute atomic E-state index is 0.159. The Morgan fingerprint density at radius 3 is 1.52 bits per heavy atom. The Labute approximate surface area is 259 Å². The molecule has 5 heterocycles. The van der Waals surface area contributed by atoms with E-state index in [0.29, 0.717) is 0 Å². The van der Waals surface area contributed by atoms with Crippen LogP contribution in [0.25, 0.3) is 68.6 Å². The topological polar surface area (TPSA) is 66.6 Å². The summed E-state index contributed by atoms with van der Waals surface area (Å²) in [6.07, 6.45) is 8.73. The molecule has 8 bridgehead atoms. The number of nitrogens with zero attached hydrogens (tertiary/aromatic N) is 2. The van der Waals surface area contributed by atoms with Crippen LogP contribution < -0.4 is 0 Å². The van der Waals surface area contributed by atoms with Crippen molar-refractivity contribution in [3.05, 3.63) is 119 Å². The summed E-state index contributed by atoms with van der Waals surface area (Å²) in [5.74, 6) is 0. The Kier molecular flexibility index (Phi) is 7.24. The first-order chi connectivity index (χ1) is 21.3. The molecule has 218 valence electrons. The number of hydrogen-bond acceptors (Lipinski definition) is 3. The van der Waals surface area contributed by atoms with Crippen LogP contribution >= 0.6 is 0 Å². The van der Waals surface area contributed by atoms with E-state index in [2.05, 4.69) is 140 Å². The molecule has 0 spiro atoms. The highest BCUT2D eigenvalue weighted by Gasteiger charge is 2.28. The lowest BCUT2D eigenvalue weighted by molar-refractivity contribution is 0.231. The van der Waals surface area contributed by atoms with E-state index in [-0.39, 0.29) is 6.10 Å². The molecule has 2 aliphatic rings. The molecule has 3 aromatic heterocycles. The van der Waals surface area contributed by atoms with Gasteiger partial charge < -0.3 is 14.4 Å². The molecule has 0 saturated heterocycles. The number of fused-ring (bicyclic) bond motifs is 8. The molecule has 0 amide bonds. The van der Waals surface area contributed by atoms with Gasteiger partial charge in [-0.3, -0.25) is 0 Å². The molecule has 44 heavy (non-hydrogen) atoms. The van der Waals surface area contributed by atoms with E-state index in [1.165, 1.54) is 0 Å². The summed E-state index contributed by atoms with van der Waals surface area (Å²) in [5, 5.41) is 0. The third-order valence-corrected chi connectivity index (χ3v) is 10.3. The molecule has 2 N–H and O–H groups in total.